The minimum Gasteiger partial charge on any atom is -0.589 e. The summed E-state index contributed by atoms with van der Waals surface area (Å²) in [6.45, 7) is 1.85. The molecule has 3 heterocycles. The molecule has 1 aromatic rings. The molecule has 0 atom stereocenters. The first-order chi connectivity index (χ1) is 8.20. The van der Waals surface area contributed by atoms with Gasteiger partial charge in [-0.05, 0) is 44.6 Å². The van der Waals surface area contributed by atoms with E-state index in [1.165, 1.54) is 0 Å². The number of rotatable bonds is 0. The number of fused-ring (bicyclic) bond motifs is 2. The molecule has 0 unspecified atom stereocenters. The van der Waals surface area contributed by atoms with Crippen molar-refractivity contribution in [3.63, 3.8) is 0 Å². The summed E-state index contributed by atoms with van der Waals surface area (Å²) in [6.07, 6.45) is 4.52. The van der Waals surface area contributed by atoms with Crippen LogP contribution < -0.4 is 5.11 Å². The number of ether oxygens (including phenoxy) is 1. The van der Waals surface area contributed by atoms with Crippen LogP contribution in [0.4, 0.5) is 5.69 Å². The molecule has 2 aliphatic rings. The van der Waals surface area contributed by atoms with Gasteiger partial charge in [0.2, 0.25) is 0 Å². The van der Waals surface area contributed by atoms with Gasteiger partial charge in [-0.3, -0.25) is 4.98 Å². The molecule has 0 bridgehead atoms. The highest BCUT2D eigenvalue weighted by Gasteiger charge is 2.36. The van der Waals surface area contributed by atoms with Crippen LogP contribution in [-0.2, 0) is 10.3 Å². The van der Waals surface area contributed by atoms with E-state index in [0.717, 1.165) is 31.5 Å². The summed E-state index contributed by atoms with van der Waals surface area (Å²) in [4.78, 5) is 10.1. The van der Waals surface area contributed by atoms with Crippen LogP contribution in [0.25, 0.3) is 0 Å². The van der Waals surface area contributed by atoms with E-state index in [0.29, 0.717) is 5.69 Å². The van der Waals surface area contributed by atoms with Crippen LogP contribution in [-0.4, -0.2) is 36.1 Å². The van der Waals surface area contributed by atoms with Gasteiger partial charge in [0.15, 0.2) is 6.08 Å². The van der Waals surface area contributed by atoms with Gasteiger partial charge >= 0.3 is 0 Å². The summed E-state index contributed by atoms with van der Waals surface area (Å²) >= 11 is 0. The molecule has 1 fully saturated rings. The first-order valence-corrected chi connectivity index (χ1v) is 5.77. The lowest BCUT2D eigenvalue weighted by Gasteiger charge is -2.48. The van der Waals surface area contributed by atoms with Crippen molar-refractivity contribution in [2.75, 3.05) is 20.1 Å². The predicted octanol–water partition coefficient (Wildman–Crippen LogP) is 0.380. The molecular formula is C12H14N3O2-. The zero-order chi connectivity index (χ0) is 11.9. The molecule has 17 heavy (non-hydrogen) atoms. The van der Waals surface area contributed by atoms with Crippen LogP contribution in [0.2, 0.25) is 0 Å². The molecule has 0 aromatic carbocycles. The van der Waals surface area contributed by atoms with Crippen LogP contribution in [0.1, 0.15) is 18.4 Å². The molecule has 3 rings (SSSR count). The van der Waals surface area contributed by atoms with Crippen molar-refractivity contribution in [1.29, 1.82) is 0 Å². The number of hydrogen-bond acceptors (Lipinski definition) is 5. The van der Waals surface area contributed by atoms with Gasteiger partial charge in [0.25, 0.3) is 0 Å². The van der Waals surface area contributed by atoms with E-state index in [9.17, 15) is 5.11 Å². The second-order valence-corrected chi connectivity index (χ2v) is 4.67. The molecule has 0 amide bonds. The van der Waals surface area contributed by atoms with Gasteiger partial charge in [-0.25, -0.2) is 4.99 Å². The van der Waals surface area contributed by atoms with E-state index in [-0.39, 0.29) is 0 Å². The molecule has 5 nitrogen and oxygen atoms in total. The molecule has 1 aromatic heterocycles. The summed E-state index contributed by atoms with van der Waals surface area (Å²) in [5, 5.41) is 11.6. The fraction of sp³-hybridized carbons (Fsp3) is 0.500. The number of pyridine rings is 1. The molecule has 0 N–H and O–H groups in total. The van der Waals surface area contributed by atoms with Gasteiger partial charge in [0, 0.05) is 11.8 Å². The average Bonchev–Trinajstić information content (AvgIpc) is 2.33. The molecule has 90 valence electrons. The Labute approximate surface area is 99.8 Å². The first-order valence-electron chi connectivity index (χ1n) is 5.77. The average molecular weight is 232 g/mol. The number of aromatic nitrogens is 1. The van der Waals surface area contributed by atoms with E-state index >= 15 is 0 Å². The van der Waals surface area contributed by atoms with Gasteiger partial charge in [-0.1, -0.05) is 0 Å². The monoisotopic (exact) mass is 232 g/mol. The van der Waals surface area contributed by atoms with E-state index < -0.39 is 11.7 Å². The van der Waals surface area contributed by atoms with E-state index in [2.05, 4.69) is 21.9 Å². The molecule has 0 saturated carbocycles. The highest BCUT2D eigenvalue weighted by molar-refractivity contribution is 5.72. The highest BCUT2D eigenvalue weighted by atomic mass is 16.6. The van der Waals surface area contributed by atoms with Crippen molar-refractivity contribution in [1.82, 2.24) is 9.88 Å². The maximum absolute atomic E-state index is 11.6. The molecule has 2 aliphatic heterocycles. The second-order valence-electron chi connectivity index (χ2n) is 4.67. The minimum atomic E-state index is -0.491. The van der Waals surface area contributed by atoms with Crippen LogP contribution >= 0.6 is 0 Å². The van der Waals surface area contributed by atoms with Crippen molar-refractivity contribution < 1.29 is 9.84 Å². The van der Waals surface area contributed by atoms with Gasteiger partial charge in [0.1, 0.15) is 0 Å². The van der Waals surface area contributed by atoms with Gasteiger partial charge < -0.3 is 14.7 Å². The topological polar surface area (TPSA) is 60.8 Å². The number of hydrogen-bond donors (Lipinski definition) is 0. The number of aliphatic imine (C=N–C) groups is 1. The quantitative estimate of drug-likeness (QED) is 0.649. The van der Waals surface area contributed by atoms with Crippen molar-refractivity contribution >= 4 is 11.8 Å². The number of piperidine rings is 1. The molecule has 1 spiro atoms. The van der Waals surface area contributed by atoms with Gasteiger partial charge in [0.05, 0.1) is 11.9 Å². The normalized spacial score (nSPS) is 22.8. The van der Waals surface area contributed by atoms with Crippen molar-refractivity contribution in [2.45, 2.75) is 18.4 Å². The molecule has 0 aliphatic carbocycles. The third kappa shape index (κ3) is 1.67. The maximum atomic E-state index is 11.6. The number of nitrogens with zero attached hydrogens (tertiary/aromatic N) is 3. The minimum absolute atomic E-state index is 0.483. The standard InChI is InChI=1S/C12H15N3O2/c1-15-6-3-12(4-7-15)9-2-5-13-8-10(9)14-11(16)17-12/h2,5,8H,3-4,6-7H2,1H3,(H,14,16)/p-1. The Morgan fingerprint density at radius 3 is 2.94 bits per heavy atom. The van der Waals surface area contributed by atoms with Crippen molar-refractivity contribution in [3.8, 4) is 0 Å². The highest BCUT2D eigenvalue weighted by Crippen LogP contribution is 2.43. The molecular weight excluding hydrogens is 218 g/mol. The lowest BCUT2D eigenvalue weighted by atomic mass is 9.83. The Morgan fingerprint density at radius 2 is 2.18 bits per heavy atom. The van der Waals surface area contributed by atoms with Crippen molar-refractivity contribution in [2.24, 2.45) is 4.99 Å². The number of likely N-dealkylation sites (tertiary alicyclic amines) is 1. The third-order valence-corrected chi connectivity index (χ3v) is 3.58. The predicted molar refractivity (Wildman–Crippen MR) is 60.8 cm³/mol. The van der Waals surface area contributed by atoms with E-state index in [1.807, 2.05) is 6.07 Å². The Hall–Kier alpha value is -1.62. The van der Waals surface area contributed by atoms with Crippen LogP contribution in [0.3, 0.4) is 0 Å². The fourth-order valence-electron chi connectivity index (χ4n) is 2.55. The smallest absolute Gasteiger partial charge is 0.152 e. The van der Waals surface area contributed by atoms with Gasteiger partial charge in [-0.2, -0.15) is 0 Å². The Balaban J connectivity index is 2.04. The molecule has 5 heteroatoms. The lowest BCUT2D eigenvalue weighted by molar-refractivity contribution is -0.268. The summed E-state index contributed by atoms with van der Waals surface area (Å²) in [7, 11) is 2.08. The van der Waals surface area contributed by atoms with Crippen LogP contribution in [0.5, 0.6) is 0 Å². The van der Waals surface area contributed by atoms with E-state index in [1.54, 1.807) is 12.4 Å². The van der Waals surface area contributed by atoms with Crippen LogP contribution in [0, 0.1) is 0 Å². The first kappa shape index (κ1) is 10.5. The Kier molecular flexibility index (Phi) is 2.29. The van der Waals surface area contributed by atoms with Crippen molar-refractivity contribution in [3.05, 3.63) is 24.0 Å². The maximum Gasteiger partial charge on any atom is 0.152 e. The van der Waals surface area contributed by atoms with E-state index in [4.69, 9.17) is 4.74 Å². The van der Waals surface area contributed by atoms with Crippen LogP contribution in [0.15, 0.2) is 23.5 Å². The zero-order valence-corrected chi connectivity index (χ0v) is 9.72. The summed E-state index contributed by atoms with van der Waals surface area (Å²) in [5.41, 5.74) is 1.18. The summed E-state index contributed by atoms with van der Waals surface area (Å²) < 4.78 is 5.53. The molecule has 1 saturated heterocycles. The van der Waals surface area contributed by atoms with Gasteiger partial charge in [-0.15, -0.1) is 0 Å². The fourth-order valence-corrected chi connectivity index (χ4v) is 2.55. The Bertz CT molecular complexity index is 465. The summed E-state index contributed by atoms with van der Waals surface area (Å²) in [5.74, 6) is 0. The molecule has 0 radical (unpaired) electrons. The Morgan fingerprint density at radius 1 is 1.41 bits per heavy atom. The zero-order valence-electron chi connectivity index (χ0n) is 9.72. The largest absolute Gasteiger partial charge is 0.589 e. The second kappa shape index (κ2) is 3.70. The third-order valence-electron chi connectivity index (χ3n) is 3.58. The lowest BCUT2D eigenvalue weighted by Crippen LogP contribution is -2.47. The summed E-state index contributed by atoms with van der Waals surface area (Å²) in [6, 6.07) is 1.91. The SMILES string of the molecule is CN1CCC2(CC1)OC([O-])=Nc1cnccc12.